The van der Waals surface area contributed by atoms with Crippen LogP contribution in [-0.4, -0.2) is 55.4 Å². The minimum Gasteiger partial charge on any atom is -0.493 e. The molecule has 4 rings (SSSR count). The average Bonchev–Trinajstić information content (AvgIpc) is 3.34. The van der Waals surface area contributed by atoms with Crippen LogP contribution < -0.4 is 19.7 Å². The first-order chi connectivity index (χ1) is 15.7. The largest absolute Gasteiger partial charge is 0.493 e. The molecule has 0 bridgehead atoms. The SMILES string of the molecule is CCOc1cc([C@H](CS(C)(=O)=O)N2c3cccc(-c4cnn(C)c4)c3NC2O)ccc1OC. The van der Waals surface area contributed by atoms with E-state index in [-0.39, 0.29) is 5.75 Å². The van der Waals surface area contributed by atoms with Crippen molar-refractivity contribution in [2.24, 2.45) is 7.05 Å². The van der Waals surface area contributed by atoms with Gasteiger partial charge in [0, 0.05) is 30.6 Å². The van der Waals surface area contributed by atoms with Crippen molar-refractivity contribution in [1.29, 1.82) is 0 Å². The number of para-hydroxylation sites is 1. The van der Waals surface area contributed by atoms with Gasteiger partial charge in [0.15, 0.2) is 11.5 Å². The van der Waals surface area contributed by atoms with Gasteiger partial charge in [-0.3, -0.25) is 4.68 Å². The molecule has 0 fully saturated rings. The van der Waals surface area contributed by atoms with Gasteiger partial charge in [-0.25, -0.2) is 8.42 Å². The number of ether oxygens (including phenoxy) is 2. The number of aryl methyl sites for hydroxylation is 1. The van der Waals surface area contributed by atoms with Crippen molar-refractivity contribution < 1.29 is 23.0 Å². The number of aromatic nitrogens is 2. The maximum absolute atomic E-state index is 12.4. The fourth-order valence-corrected chi connectivity index (χ4v) is 5.10. The van der Waals surface area contributed by atoms with E-state index >= 15 is 0 Å². The highest BCUT2D eigenvalue weighted by molar-refractivity contribution is 7.90. The molecule has 2 N–H and O–H groups in total. The van der Waals surface area contributed by atoms with Crippen molar-refractivity contribution in [3.05, 3.63) is 54.4 Å². The summed E-state index contributed by atoms with van der Waals surface area (Å²) in [6, 6.07) is 10.3. The fourth-order valence-electron chi connectivity index (χ4n) is 4.17. The maximum atomic E-state index is 12.4. The molecule has 3 aromatic rings. The van der Waals surface area contributed by atoms with E-state index in [2.05, 4.69) is 10.4 Å². The molecule has 1 aromatic heterocycles. The van der Waals surface area contributed by atoms with E-state index < -0.39 is 22.2 Å². The lowest BCUT2D eigenvalue weighted by atomic mass is 10.0. The summed E-state index contributed by atoms with van der Waals surface area (Å²) in [5, 5.41) is 18.4. The quantitative estimate of drug-likeness (QED) is 0.516. The molecule has 1 unspecified atom stereocenters. The molecular weight excluding hydrogens is 444 g/mol. The van der Waals surface area contributed by atoms with Gasteiger partial charge in [0.1, 0.15) is 9.84 Å². The molecule has 0 radical (unpaired) electrons. The Hall–Kier alpha value is -3.24. The minimum atomic E-state index is -3.40. The van der Waals surface area contributed by atoms with Gasteiger partial charge in [-0.1, -0.05) is 18.2 Å². The van der Waals surface area contributed by atoms with Gasteiger partial charge in [0.2, 0.25) is 6.35 Å². The second-order valence-electron chi connectivity index (χ2n) is 7.98. The minimum absolute atomic E-state index is 0.194. The summed E-state index contributed by atoms with van der Waals surface area (Å²) >= 11 is 0. The lowest BCUT2D eigenvalue weighted by Gasteiger charge is -2.32. The Bertz CT molecular complexity index is 1260. The van der Waals surface area contributed by atoms with Crippen LogP contribution in [0.15, 0.2) is 48.8 Å². The summed E-state index contributed by atoms with van der Waals surface area (Å²) in [4.78, 5) is 1.69. The molecule has 0 spiro atoms. The van der Waals surface area contributed by atoms with Gasteiger partial charge in [-0.05, 0) is 30.7 Å². The Balaban J connectivity index is 1.83. The first-order valence-electron chi connectivity index (χ1n) is 10.5. The van der Waals surface area contributed by atoms with E-state index in [9.17, 15) is 13.5 Å². The zero-order valence-corrected chi connectivity index (χ0v) is 19.8. The van der Waals surface area contributed by atoms with Crippen LogP contribution >= 0.6 is 0 Å². The van der Waals surface area contributed by atoms with Crippen LogP contribution in [0.4, 0.5) is 11.4 Å². The van der Waals surface area contributed by atoms with E-state index in [1.165, 1.54) is 6.26 Å². The van der Waals surface area contributed by atoms with Crippen molar-refractivity contribution >= 4 is 21.2 Å². The molecule has 33 heavy (non-hydrogen) atoms. The van der Waals surface area contributed by atoms with Crippen molar-refractivity contribution in [1.82, 2.24) is 9.78 Å². The maximum Gasteiger partial charge on any atom is 0.206 e. The van der Waals surface area contributed by atoms with Crippen molar-refractivity contribution in [3.8, 4) is 22.6 Å². The number of methoxy groups -OCH3 is 1. The number of fused-ring (bicyclic) bond motifs is 1. The molecule has 2 heterocycles. The fraction of sp³-hybridized carbons (Fsp3) is 0.348. The van der Waals surface area contributed by atoms with Gasteiger partial charge >= 0.3 is 0 Å². The summed E-state index contributed by atoms with van der Waals surface area (Å²) in [7, 11) is -0.0128. The monoisotopic (exact) mass is 472 g/mol. The van der Waals surface area contributed by atoms with Crippen molar-refractivity contribution in [2.75, 3.05) is 35.9 Å². The predicted octanol–water partition coefficient (Wildman–Crippen LogP) is 2.79. The van der Waals surface area contributed by atoms with Gasteiger partial charge < -0.3 is 24.8 Å². The second-order valence-corrected chi connectivity index (χ2v) is 10.2. The molecule has 0 amide bonds. The number of anilines is 2. The predicted molar refractivity (Wildman–Crippen MR) is 127 cm³/mol. The molecule has 9 nitrogen and oxygen atoms in total. The summed E-state index contributed by atoms with van der Waals surface area (Å²) in [6.07, 6.45) is 3.70. The van der Waals surface area contributed by atoms with Crippen LogP contribution in [0.2, 0.25) is 0 Å². The summed E-state index contributed by atoms with van der Waals surface area (Å²) in [5.74, 6) is 0.875. The van der Waals surface area contributed by atoms with Crippen molar-refractivity contribution in [2.45, 2.75) is 19.3 Å². The first-order valence-corrected chi connectivity index (χ1v) is 12.6. The van der Waals surface area contributed by atoms with Gasteiger partial charge in [0.05, 0.1) is 43.1 Å². The smallest absolute Gasteiger partial charge is 0.206 e. The highest BCUT2D eigenvalue weighted by atomic mass is 32.2. The number of benzene rings is 2. The Morgan fingerprint density at radius 1 is 1.24 bits per heavy atom. The number of hydrogen-bond donors (Lipinski definition) is 2. The molecule has 10 heteroatoms. The zero-order chi connectivity index (χ0) is 23.8. The second kappa shape index (κ2) is 8.95. The van der Waals surface area contributed by atoms with Gasteiger partial charge in [-0.15, -0.1) is 0 Å². The number of sulfone groups is 1. The standard InChI is InChI=1S/C23H28N4O5S/c1-5-32-21-11-15(9-10-20(21)31-3)19(14-33(4,29)30)27-18-8-6-7-17(22(18)25-23(27)28)16-12-24-26(2)13-16/h6-13,19,23,25,28H,5,14H2,1-4H3/t19-,23?/m0/s1. The highest BCUT2D eigenvalue weighted by Gasteiger charge is 2.37. The summed E-state index contributed by atoms with van der Waals surface area (Å²) < 4.78 is 37.6. The van der Waals surface area contributed by atoms with Gasteiger partial charge in [-0.2, -0.15) is 5.10 Å². The summed E-state index contributed by atoms with van der Waals surface area (Å²) in [6.45, 7) is 2.30. The van der Waals surface area contributed by atoms with Crippen LogP contribution in [0.5, 0.6) is 11.5 Å². The Morgan fingerprint density at radius 3 is 2.67 bits per heavy atom. The van der Waals surface area contributed by atoms with E-state index in [1.54, 1.807) is 41.1 Å². The lowest BCUT2D eigenvalue weighted by Crippen LogP contribution is -2.41. The van der Waals surface area contributed by atoms with E-state index in [1.807, 2.05) is 38.4 Å². The Kier molecular flexibility index (Phi) is 6.22. The number of nitrogens with one attached hydrogen (secondary N) is 1. The van der Waals surface area contributed by atoms with Gasteiger partial charge in [0.25, 0.3) is 0 Å². The molecule has 1 aliphatic rings. The first kappa shape index (κ1) is 22.9. The number of rotatable bonds is 8. The van der Waals surface area contributed by atoms with Crippen LogP contribution in [0, 0.1) is 0 Å². The normalized spacial score (nSPS) is 16.3. The third-order valence-corrected chi connectivity index (χ3v) is 6.46. The summed E-state index contributed by atoms with van der Waals surface area (Å²) in [5.41, 5.74) is 3.86. The number of aliphatic hydroxyl groups is 1. The Morgan fingerprint density at radius 2 is 2.03 bits per heavy atom. The van der Waals surface area contributed by atoms with Crippen LogP contribution in [0.3, 0.4) is 0 Å². The molecule has 2 aromatic carbocycles. The third kappa shape index (κ3) is 4.62. The van der Waals surface area contributed by atoms with Crippen molar-refractivity contribution in [3.63, 3.8) is 0 Å². The van der Waals surface area contributed by atoms with E-state index in [0.29, 0.717) is 29.4 Å². The van der Waals surface area contributed by atoms with E-state index in [0.717, 1.165) is 16.8 Å². The molecule has 1 aliphatic heterocycles. The topological polar surface area (TPSA) is 106 Å². The highest BCUT2D eigenvalue weighted by Crippen LogP contribution is 2.46. The molecular formula is C23H28N4O5S. The number of aliphatic hydroxyl groups excluding tert-OH is 1. The van der Waals surface area contributed by atoms with Crippen LogP contribution in [0.1, 0.15) is 18.5 Å². The molecule has 0 aliphatic carbocycles. The van der Waals surface area contributed by atoms with Crippen LogP contribution in [0.25, 0.3) is 11.1 Å². The zero-order valence-electron chi connectivity index (χ0n) is 19.0. The van der Waals surface area contributed by atoms with E-state index in [4.69, 9.17) is 9.47 Å². The lowest BCUT2D eigenvalue weighted by molar-refractivity contribution is 0.194. The molecule has 0 saturated carbocycles. The number of nitrogens with zero attached hydrogens (tertiary/aromatic N) is 3. The molecule has 176 valence electrons. The molecule has 2 atom stereocenters. The molecule has 0 saturated heterocycles. The van der Waals surface area contributed by atoms with Crippen LogP contribution in [-0.2, 0) is 16.9 Å². The number of hydrogen-bond acceptors (Lipinski definition) is 8. The Labute approximate surface area is 193 Å². The average molecular weight is 473 g/mol. The third-order valence-electron chi connectivity index (χ3n) is 5.54.